The van der Waals surface area contributed by atoms with E-state index in [1.165, 1.54) is 21.3 Å². The first kappa shape index (κ1) is 23.9. The number of amides is 1. The monoisotopic (exact) mass is 496 g/mol. The van der Waals surface area contributed by atoms with Gasteiger partial charge >= 0.3 is 0 Å². The second kappa shape index (κ2) is 9.91. The van der Waals surface area contributed by atoms with Crippen LogP contribution in [0.4, 0.5) is 5.69 Å². The Balaban J connectivity index is 1.54. The van der Waals surface area contributed by atoms with Crippen LogP contribution in [0.2, 0.25) is 5.02 Å². The third-order valence-electron chi connectivity index (χ3n) is 5.65. The Kier molecular flexibility index (Phi) is 6.95. The summed E-state index contributed by atoms with van der Waals surface area (Å²) < 4.78 is 33.8. The van der Waals surface area contributed by atoms with Crippen molar-refractivity contribution < 1.29 is 17.9 Å². The minimum absolute atomic E-state index is 0.0751. The number of carbonyl (C=O) groups is 1. The Morgan fingerprint density at radius 3 is 2.62 bits per heavy atom. The zero-order chi connectivity index (χ0) is 24.3. The molecule has 3 aromatic carbocycles. The molecule has 0 spiro atoms. The van der Waals surface area contributed by atoms with Crippen molar-refractivity contribution in [1.29, 1.82) is 0 Å². The van der Waals surface area contributed by atoms with Crippen molar-refractivity contribution in [3.63, 3.8) is 0 Å². The Hall–Kier alpha value is -3.29. The predicted octanol–water partition coefficient (Wildman–Crippen LogP) is 4.93. The van der Waals surface area contributed by atoms with E-state index < -0.39 is 10.0 Å². The first-order valence-electron chi connectivity index (χ1n) is 10.8. The summed E-state index contributed by atoms with van der Waals surface area (Å²) in [7, 11) is -2.26. The summed E-state index contributed by atoms with van der Waals surface area (Å²) in [4.78, 5) is 14.6. The zero-order valence-corrected chi connectivity index (χ0v) is 20.3. The molecule has 0 unspecified atom stereocenters. The average molecular weight is 497 g/mol. The molecule has 0 aromatic heterocycles. The lowest BCUT2D eigenvalue weighted by Crippen LogP contribution is -2.30. The minimum atomic E-state index is -3.93. The molecule has 0 saturated carbocycles. The topological polar surface area (TPSA) is 66.9 Å². The molecule has 0 N–H and O–H groups in total. The van der Waals surface area contributed by atoms with E-state index >= 15 is 0 Å². The fourth-order valence-corrected chi connectivity index (χ4v) is 5.93. The van der Waals surface area contributed by atoms with Crippen LogP contribution in [0, 0.1) is 0 Å². The Morgan fingerprint density at radius 1 is 1.15 bits per heavy atom. The van der Waals surface area contributed by atoms with Crippen molar-refractivity contribution in [3.8, 4) is 5.75 Å². The number of benzene rings is 3. The van der Waals surface area contributed by atoms with Crippen molar-refractivity contribution in [1.82, 2.24) is 4.90 Å². The molecule has 3 aromatic rings. The van der Waals surface area contributed by atoms with Gasteiger partial charge in [-0.3, -0.25) is 9.10 Å². The number of anilines is 1. The average Bonchev–Trinajstić information content (AvgIpc) is 3.28. The van der Waals surface area contributed by atoms with Crippen molar-refractivity contribution in [2.24, 2.45) is 0 Å². The van der Waals surface area contributed by atoms with Crippen LogP contribution in [0.25, 0.3) is 0 Å². The van der Waals surface area contributed by atoms with Gasteiger partial charge in [-0.25, -0.2) is 8.42 Å². The molecule has 1 heterocycles. The van der Waals surface area contributed by atoms with Crippen molar-refractivity contribution in [2.75, 3.05) is 24.5 Å². The standard InChI is InChI=1S/C26H25ClN2O4S/c1-3-16-33-22-11-8-19(9-12-22)18-28(2)26(30)21-10-13-23(27)25(17-21)34(31,32)29-15-14-20-6-4-5-7-24(20)29/h3-13,17H,1,14-16,18H2,2H3. The molecule has 1 aliphatic rings. The zero-order valence-electron chi connectivity index (χ0n) is 18.8. The molecule has 0 aliphatic carbocycles. The molecule has 8 heteroatoms. The number of para-hydroxylation sites is 1. The Labute approximate surface area is 205 Å². The molecule has 1 amide bonds. The van der Waals surface area contributed by atoms with E-state index in [9.17, 15) is 13.2 Å². The summed E-state index contributed by atoms with van der Waals surface area (Å²) in [6, 6.07) is 19.2. The number of ether oxygens (including phenoxy) is 1. The number of rotatable bonds is 8. The highest BCUT2D eigenvalue weighted by atomic mass is 35.5. The largest absolute Gasteiger partial charge is 0.490 e. The highest BCUT2D eigenvalue weighted by molar-refractivity contribution is 7.93. The normalized spacial score (nSPS) is 12.8. The molecule has 0 radical (unpaired) electrons. The molecular formula is C26H25ClN2O4S. The SMILES string of the molecule is C=CCOc1ccc(CN(C)C(=O)c2ccc(Cl)c(S(=O)(=O)N3CCc4ccccc43)c2)cc1. The summed E-state index contributed by atoms with van der Waals surface area (Å²) in [5.41, 5.74) is 2.78. The van der Waals surface area contributed by atoms with E-state index in [1.54, 1.807) is 31.3 Å². The maximum atomic E-state index is 13.5. The van der Waals surface area contributed by atoms with Gasteiger partial charge in [0.05, 0.1) is 10.7 Å². The number of hydrogen-bond donors (Lipinski definition) is 0. The molecule has 176 valence electrons. The van der Waals surface area contributed by atoms with Crippen molar-refractivity contribution >= 4 is 33.2 Å². The van der Waals surface area contributed by atoms with E-state index in [4.69, 9.17) is 16.3 Å². The smallest absolute Gasteiger partial charge is 0.265 e. The molecule has 34 heavy (non-hydrogen) atoms. The second-order valence-electron chi connectivity index (χ2n) is 8.01. The molecule has 0 atom stereocenters. The summed E-state index contributed by atoms with van der Waals surface area (Å²) in [5.74, 6) is 0.413. The number of fused-ring (bicyclic) bond motifs is 1. The van der Waals surface area contributed by atoms with Gasteiger partial charge in [-0.05, 0) is 53.9 Å². The third-order valence-corrected chi connectivity index (χ3v) is 7.94. The van der Waals surface area contributed by atoms with Crippen LogP contribution in [-0.2, 0) is 23.0 Å². The number of nitrogens with zero attached hydrogens (tertiary/aromatic N) is 2. The van der Waals surface area contributed by atoms with Gasteiger partial charge in [-0.2, -0.15) is 0 Å². The fraction of sp³-hybridized carbons (Fsp3) is 0.192. The van der Waals surface area contributed by atoms with Crippen LogP contribution < -0.4 is 9.04 Å². The maximum Gasteiger partial charge on any atom is 0.265 e. The van der Waals surface area contributed by atoms with Gasteiger partial charge in [0.1, 0.15) is 17.3 Å². The number of halogens is 1. The summed E-state index contributed by atoms with van der Waals surface area (Å²) in [6.07, 6.45) is 2.30. The number of hydrogen-bond acceptors (Lipinski definition) is 4. The van der Waals surface area contributed by atoms with Crippen LogP contribution in [0.1, 0.15) is 21.5 Å². The summed E-state index contributed by atoms with van der Waals surface area (Å²) >= 11 is 6.30. The van der Waals surface area contributed by atoms with E-state index in [2.05, 4.69) is 6.58 Å². The van der Waals surface area contributed by atoms with Crippen LogP contribution in [0.3, 0.4) is 0 Å². The lowest BCUT2D eigenvalue weighted by molar-refractivity contribution is 0.0785. The molecule has 0 fully saturated rings. The molecule has 0 bridgehead atoms. The van der Waals surface area contributed by atoms with Crippen LogP contribution in [0.5, 0.6) is 5.75 Å². The van der Waals surface area contributed by atoms with Crippen LogP contribution >= 0.6 is 11.6 Å². The molecular weight excluding hydrogens is 472 g/mol. The number of sulfonamides is 1. The lowest BCUT2D eigenvalue weighted by Gasteiger charge is -2.22. The third kappa shape index (κ3) is 4.81. The van der Waals surface area contributed by atoms with Gasteiger partial charge in [-0.15, -0.1) is 0 Å². The van der Waals surface area contributed by atoms with Gasteiger partial charge in [0.15, 0.2) is 0 Å². The first-order valence-corrected chi connectivity index (χ1v) is 12.6. The van der Waals surface area contributed by atoms with Crippen LogP contribution in [-0.4, -0.2) is 39.4 Å². The highest BCUT2D eigenvalue weighted by Gasteiger charge is 2.32. The lowest BCUT2D eigenvalue weighted by atomic mass is 10.1. The van der Waals surface area contributed by atoms with Gasteiger partial charge in [0.25, 0.3) is 15.9 Å². The summed E-state index contributed by atoms with van der Waals surface area (Å²) in [5, 5.41) is 0.0821. The van der Waals surface area contributed by atoms with E-state index in [-0.39, 0.29) is 21.4 Å². The van der Waals surface area contributed by atoms with E-state index in [0.717, 1.165) is 11.1 Å². The summed E-state index contributed by atoms with van der Waals surface area (Å²) in [6.45, 7) is 4.73. The molecule has 0 saturated heterocycles. The highest BCUT2D eigenvalue weighted by Crippen LogP contribution is 2.35. The van der Waals surface area contributed by atoms with Crippen molar-refractivity contribution in [3.05, 3.63) is 101 Å². The minimum Gasteiger partial charge on any atom is -0.490 e. The van der Waals surface area contributed by atoms with Crippen LogP contribution in [0.15, 0.2) is 84.3 Å². The van der Waals surface area contributed by atoms with Gasteiger partial charge in [0.2, 0.25) is 0 Å². The number of carbonyl (C=O) groups excluding carboxylic acids is 1. The Bertz CT molecular complexity index is 1320. The first-order chi connectivity index (χ1) is 16.3. The van der Waals surface area contributed by atoms with Gasteiger partial charge in [-0.1, -0.05) is 54.6 Å². The Morgan fingerprint density at radius 2 is 1.88 bits per heavy atom. The second-order valence-corrected chi connectivity index (χ2v) is 10.2. The van der Waals surface area contributed by atoms with Gasteiger partial charge in [0, 0.05) is 25.7 Å². The molecule has 4 rings (SSSR count). The van der Waals surface area contributed by atoms with Gasteiger partial charge < -0.3 is 9.64 Å². The van der Waals surface area contributed by atoms with E-state index in [0.29, 0.717) is 37.6 Å². The molecule has 1 aliphatic heterocycles. The molecule has 6 nitrogen and oxygen atoms in total. The quantitative estimate of drug-likeness (QED) is 0.415. The van der Waals surface area contributed by atoms with Crippen molar-refractivity contribution in [2.45, 2.75) is 17.9 Å². The predicted molar refractivity (Wildman–Crippen MR) is 134 cm³/mol. The van der Waals surface area contributed by atoms with E-state index in [1.807, 2.05) is 36.4 Å². The maximum absolute atomic E-state index is 13.5. The fourth-order valence-electron chi connectivity index (χ4n) is 3.92.